The third kappa shape index (κ3) is 5.33. The van der Waals surface area contributed by atoms with Crippen LogP contribution in [0, 0.1) is 6.92 Å². The number of nitrogens with one attached hydrogen (secondary N) is 1. The van der Waals surface area contributed by atoms with Gasteiger partial charge in [0, 0.05) is 6.61 Å². The molecule has 1 N–H and O–H groups in total. The Morgan fingerprint density at radius 3 is 2.26 bits per heavy atom. The zero-order valence-electron chi connectivity index (χ0n) is 12.9. The first-order chi connectivity index (χ1) is 9.22. The third-order valence-electron chi connectivity index (χ3n) is 3.38. The monoisotopic (exact) mass is 263 g/mol. The normalized spacial score (nSPS) is 14.3. The van der Waals surface area contributed by atoms with Crippen molar-refractivity contribution in [1.29, 1.82) is 0 Å². The molecule has 0 saturated heterocycles. The van der Waals surface area contributed by atoms with E-state index >= 15 is 0 Å². The van der Waals surface area contributed by atoms with Gasteiger partial charge in [0.25, 0.3) is 0 Å². The van der Waals surface area contributed by atoms with Gasteiger partial charge in [0.1, 0.15) is 0 Å². The largest absolute Gasteiger partial charge is 0.377 e. The summed E-state index contributed by atoms with van der Waals surface area (Å²) in [5.74, 6) is 0. The summed E-state index contributed by atoms with van der Waals surface area (Å²) in [6.45, 7) is 10.4. The van der Waals surface area contributed by atoms with Crippen molar-refractivity contribution in [3.63, 3.8) is 0 Å². The number of rotatable bonds is 9. The van der Waals surface area contributed by atoms with Gasteiger partial charge in [-0.15, -0.1) is 0 Å². The molecule has 0 heterocycles. The molecular formula is C17H29NO. The van der Waals surface area contributed by atoms with Crippen molar-refractivity contribution >= 4 is 0 Å². The molecule has 0 aliphatic carbocycles. The minimum atomic E-state index is 0.268. The first-order valence-corrected chi connectivity index (χ1v) is 7.64. The van der Waals surface area contributed by atoms with E-state index in [1.807, 2.05) is 0 Å². The minimum Gasteiger partial charge on any atom is -0.377 e. The summed E-state index contributed by atoms with van der Waals surface area (Å²) in [5, 5.41) is 3.65. The van der Waals surface area contributed by atoms with Gasteiger partial charge in [0.05, 0.1) is 12.1 Å². The van der Waals surface area contributed by atoms with Gasteiger partial charge in [-0.1, -0.05) is 50.1 Å². The summed E-state index contributed by atoms with van der Waals surface area (Å²) < 4.78 is 5.96. The SMILES string of the molecule is CCCNC(c1ccc(C)cc1)C(CCC)OCC. The molecule has 0 aromatic heterocycles. The van der Waals surface area contributed by atoms with Gasteiger partial charge in [-0.25, -0.2) is 0 Å². The van der Waals surface area contributed by atoms with Crippen molar-refractivity contribution in [2.75, 3.05) is 13.2 Å². The van der Waals surface area contributed by atoms with Crippen LogP contribution in [-0.4, -0.2) is 19.3 Å². The van der Waals surface area contributed by atoms with Gasteiger partial charge >= 0.3 is 0 Å². The van der Waals surface area contributed by atoms with Gasteiger partial charge < -0.3 is 10.1 Å². The molecule has 1 aromatic carbocycles. The lowest BCUT2D eigenvalue weighted by Crippen LogP contribution is -2.34. The number of hydrogen-bond donors (Lipinski definition) is 1. The molecule has 2 atom stereocenters. The summed E-state index contributed by atoms with van der Waals surface area (Å²) in [4.78, 5) is 0. The maximum atomic E-state index is 5.96. The zero-order chi connectivity index (χ0) is 14.1. The summed E-state index contributed by atoms with van der Waals surface area (Å²) in [5.41, 5.74) is 2.65. The average molecular weight is 263 g/mol. The van der Waals surface area contributed by atoms with Crippen LogP contribution in [-0.2, 0) is 4.74 Å². The molecule has 0 aliphatic heterocycles. The Morgan fingerprint density at radius 2 is 1.74 bits per heavy atom. The standard InChI is InChI=1S/C17H29NO/c1-5-8-16(19-7-3)17(18-13-6-2)15-11-9-14(4)10-12-15/h9-12,16-18H,5-8,13H2,1-4H3. The molecule has 0 fully saturated rings. The van der Waals surface area contributed by atoms with Crippen LogP contribution < -0.4 is 5.32 Å². The van der Waals surface area contributed by atoms with E-state index in [4.69, 9.17) is 4.74 Å². The molecule has 0 saturated carbocycles. The molecule has 108 valence electrons. The Morgan fingerprint density at radius 1 is 1.05 bits per heavy atom. The first-order valence-electron chi connectivity index (χ1n) is 7.64. The highest BCUT2D eigenvalue weighted by Crippen LogP contribution is 2.23. The van der Waals surface area contributed by atoms with E-state index in [1.54, 1.807) is 0 Å². The second kappa shape index (κ2) is 9.11. The number of aryl methyl sites for hydroxylation is 1. The predicted octanol–water partition coefficient (Wildman–Crippen LogP) is 4.24. The second-order valence-electron chi connectivity index (χ2n) is 5.12. The van der Waals surface area contributed by atoms with E-state index in [0.717, 1.165) is 32.4 Å². The quantitative estimate of drug-likeness (QED) is 0.719. The van der Waals surface area contributed by atoms with Gasteiger partial charge in [0.15, 0.2) is 0 Å². The average Bonchev–Trinajstić information content (AvgIpc) is 2.41. The molecule has 2 heteroatoms. The lowest BCUT2D eigenvalue weighted by atomic mass is 9.97. The number of ether oxygens (including phenoxy) is 1. The molecule has 2 nitrogen and oxygen atoms in total. The van der Waals surface area contributed by atoms with Crippen molar-refractivity contribution in [1.82, 2.24) is 5.32 Å². The molecule has 1 rings (SSSR count). The van der Waals surface area contributed by atoms with Crippen LogP contribution in [0.3, 0.4) is 0 Å². The Kier molecular flexibility index (Phi) is 7.76. The maximum Gasteiger partial charge on any atom is 0.0769 e. The van der Waals surface area contributed by atoms with Crippen molar-refractivity contribution in [3.8, 4) is 0 Å². The van der Waals surface area contributed by atoms with E-state index < -0.39 is 0 Å². The van der Waals surface area contributed by atoms with Crippen LogP contribution in [0.1, 0.15) is 57.2 Å². The second-order valence-corrected chi connectivity index (χ2v) is 5.12. The van der Waals surface area contributed by atoms with Crippen molar-refractivity contribution < 1.29 is 4.74 Å². The Labute approximate surface area is 118 Å². The fourth-order valence-electron chi connectivity index (χ4n) is 2.38. The van der Waals surface area contributed by atoms with Crippen LogP contribution in [0.4, 0.5) is 0 Å². The predicted molar refractivity (Wildman–Crippen MR) is 82.5 cm³/mol. The van der Waals surface area contributed by atoms with Gasteiger partial charge in [-0.05, 0) is 38.8 Å². The molecule has 1 aromatic rings. The third-order valence-corrected chi connectivity index (χ3v) is 3.38. The summed E-state index contributed by atoms with van der Waals surface area (Å²) in [6, 6.07) is 9.13. The molecule has 0 aliphatic rings. The lowest BCUT2D eigenvalue weighted by molar-refractivity contribution is 0.0276. The Balaban J connectivity index is 2.86. The van der Waals surface area contributed by atoms with Crippen molar-refractivity contribution in [2.45, 2.75) is 59.1 Å². The molecule has 0 spiro atoms. The van der Waals surface area contributed by atoms with Crippen LogP contribution in [0.2, 0.25) is 0 Å². The zero-order valence-corrected chi connectivity index (χ0v) is 12.9. The van der Waals surface area contributed by atoms with Crippen LogP contribution in [0.25, 0.3) is 0 Å². The molecule has 0 radical (unpaired) electrons. The molecule has 0 amide bonds. The van der Waals surface area contributed by atoms with Gasteiger partial charge in [-0.2, -0.15) is 0 Å². The van der Waals surface area contributed by atoms with Crippen LogP contribution in [0.15, 0.2) is 24.3 Å². The van der Waals surface area contributed by atoms with E-state index in [9.17, 15) is 0 Å². The highest BCUT2D eigenvalue weighted by atomic mass is 16.5. The maximum absolute atomic E-state index is 5.96. The van der Waals surface area contributed by atoms with E-state index in [2.05, 4.69) is 57.3 Å². The molecule has 0 bridgehead atoms. The van der Waals surface area contributed by atoms with Gasteiger partial charge in [0.2, 0.25) is 0 Å². The van der Waals surface area contributed by atoms with Gasteiger partial charge in [-0.3, -0.25) is 0 Å². The fourth-order valence-corrected chi connectivity index (χ4v) is 2.38. The molecule has 19 heavy (non-hydrogen) atoms. The topological polar surface area (TPSA) is 21.3 Å². The number of hydrogen-bond acceptors (Lipinski definition) is 2. The summed E-state index contributed by atoms with van der Waals surface area (Å²) in [7, 11) is 0. The van der Waals surface area contributed by atoms with Crippen molar-refractivity contribution in [3.05, 3.63) is 35.4 Å². The van der Waals surface area contributed by atoms with E-state index in [-0.39, 0.29) is 6.10 Å². The molecule has 2 unspecified atom stereocenters. The highest BCUT2D eigenvalue weighted by Gasteiger charge is 2.22. The van der Waals surface area contributed by atoms with Crippen LogP contribution in [0.5, 0.6) is 0 Å². The fraction of sp³-hybridized carbons (Fsp3) is 0.647. The molecular weight excluding hydrogens is 234 g/mol. The minimum absolute atomic E-state index is 0.268. The van der Waals surface area contributed by atoms with E-state index in [1.165, 1.54) is 11.1 Å². The smallest absolute Gasteiger partial charge is 0.0769 e. The number of benzene rings is 1. The van der Waals surface area contributed by atoms with Crippen LogP contribution >= 0.6 is 0 Å². The summed E-state index contributed by atoms with van der Waals surface area (Å²) >= 11 is 0. The first kappa shape index (κ1) is 16.2. The summed E-state index contributed by atoms with van der Waals surface area (Å²) in [6.07, 6.45) is 3.67. The van der Waals surface area contributed by atoms with E-state index in [0.29, 0.717) is 6.04 Å². The highest BCUT2D eigenvalue weighted by molar-refractivity contribution is 5.25. The Bertz CT molecular complexity index is 328. The van der Waals surface area contributed by atoms with Crippen molar-refractivity contribution in [2.24, 2.45) is 0 Å². The Hall–Kier alpha value is -0.860. The lowest BCUT2D eigenvalue weighted by Gasteiger charge is -2.28.